The molecule has 204 valence electrons. The molecular weight excluding hydrogens is 513 g/mol. The molecule has 2 unspecified atom stereocenters. The van der Waals surface area contributed by atoms with Crippen molar-refractivity contribution in [2.75, 3.05) is 24.7 Å². The van der Waals surface area contributed by atoms with Gasteiger partial charge in [-0.25, -0.2) is 14.0 Å². The number of rotatable bonds is 8. The average molecular weight is 542 g/mol. The topological polar surface area (TPSA) is 93.9 Å². The number of ether oxygens (including phenoxy) is 2. The summed E-state index contributed by atoms with van der Waals surface area (Å²) in [5.41, 5.74) is 5.42. The van der Waals surface area contributed by atoms with Crippen molar-refractivity contribution in [3.8, 4) is 16.9 Å². The lowest BCUT2D eigenvalue weighted by molar-refractivity contribution is 0.0696. The van der Waals surface area contributed by atoms with Gasteiger partial charge < -0.3 is 14.6 Å². The lowest BCUT2D eigenvalue weighted by Crippen LogP contribution is -2.37. The number of amides is 1. The van der Waals surface area contributed by atoms with Gasteiger partial charge in [0.15, 0.2) is 0 Å². The number of carboxylic acid groups (broad SMARTS) is 1. The molecule has 2 heterocycles. The van der Waals surface area contributed by atoms with Crippen molar-refractivity contribution in [1.29, 1.82) is 0 Å². The van der Waals surface area contributed by atoms with Crippen LogP contribution in [0.3, 0.4) is 0 Å². The van der Waals surface area contributed by atoms with E-state index in [4.69, 9.17) is 9.47 Å². The van der Waals surface area contributed by atoms with Crippen LogP contribution < -0.4 is 9.64 Å². The first kappa shape index (κ1) is 25.6. The van der Waals surface area contributed by atoms with E-state index >= 15 is 0 Å². The molecule has 0 spiro atoms. The summed E-state index contributed by atoms with van der Waals surface area (Å²) in [6.45, 7) is 2.86. The van der Waals surface area contributed by atoms with Gasteiger partial charge in [-0.3, -0.25) is 9.58 Å². The molecule has 1 aliphatic heterocycles. The summed E-state index contributed by atoms with van der Waals surface area (Å²) in [6.07, 6.45) is 4.32. The average Bonchev–Trinajstić information content (AvgIpc) is 3.61. The molecule has 1 N–H and O–H groups in total. The normalized spacial score (nSPS) is 17.1. The lowest BCUT2D eigenvalue weighted by Gasteiger charge is -2.29. The number of hydrogen-bond donors (Lipinski definition) is 1. The molecule has 0 bridgehead atoms. The van der Waals surface area contributed by atoms with Crippen LogP contribution in [0.15, 0.2) is 73.1 Å². The second kappa shape index (κ2) is 10.5. The summed E-state index contributed by atoms with van der Waals surface area (Å²) in [7, 11) is 0. The predicted octanol–water partition coefficient (Wildman–Crippen LogP) is 5.88. The van der Waals surface area contributed by atoms with Crippen LogP contribution in [0, 0.1) is 18.7 Å². The Morgan fingerprint density at radius 3 is 2.77 bits per heavy atom. The van der Waals surface area contributed by atoms with Gasteiger partial charge in [-0.15, -0.1) is 0 Å². The van der Waals surface area contributed by atoms with E-state index in [1.807, 2.05) is 30.5 Å². The number of benzene rings is 3. The number of carbonyl (C=O) groups excluding carboxylic acids is 1. The SMILES string of the molecule is Cc1c(F)cccc1OCCOC(=O)N1CC2CC2c2c(-c3cnn(Cc4cccc(C(=O)O)c4)c3)cccc21. The molecule has 9 heteroatoms. The standard InChI is InChI=1S/C31H28FN3O5/c1-19-26(32)8-4-10-28(19)39-11-12-40-31(38)35-18-22-14-25(22)29-24(7-3-9-27(29)35)23-15-33-34(17-23)16-20-5-2-6-21(13-20)30(36)37/h2-10,13,15,17,22,25H,11-12,14,16,18H2,1H3,(H,36,37). The van der Waals surface area contributed by atoms with Crippen LogP contribution in [0.1, 0.15) is 39.4 Å². The fraction of sp³-hybridized carbons (Fsp3) is 0.258. The van der Waals surface area contributed by atoms with E-state index in [1.165, 1.54) is 6.07 Å². The molecule has 2 aliphatic rings. The number of carboxylic acids is 1. The Morgan fingerprint density at radius 1 is 1.10 bits per heavy atom. The summed E-state index contributed by atoms with van der Waals surface area (Å²) < 4.78 is 26.7. The monoisotopic (exact) mass is 541 g/mol. The Kier molecular flexibility index (Phi) is 6.71. The molecule has 0 radical (unpaired) electrons. The summed E-state index contributed by atoms with van der Waals surface area (Å²) in [6, 6.07) is 17.4. The number of nitrogens with zero attached hydrogens (tertiary/aromatic N) is 3. The van der Waals surface area contributed by atoms with E-state index in [0.29, 0.717) is 36.2 Å². The highest BCUT2D eigenvalue weighted by Gasteiger charge is 2.48. The Balaban J connectivity index is 1.16. The Hall–Kier alpha value is -4.66. The zero-order valence-electron chi connectivity index (χ0n) is 21.9. The molecule has 6 rings (SSSR count). The van der Waals surface area contributed by atoms with Crippen LogP contribution in [0.4, 0.5) is 14.9 Å². The second-order valence-corrected chi connectivity index (χ2v) is 10.2. The van der Waals surface area contributed by atoms with E-state index in [2.05, 4.69) is 5.10 Å². The first-order chi connectivity index (χ1) is 19.4. The van der Waals surface area contributed by atoms with Gasteiger partial charge in [0, 0.05) is 23.9 Å². The summed E-state index contributed by atoms with van der Waals surface area (Å²) >= 11 is 0. The van der Waals surface area contributed by atoms with Gasteiger partial charge in [0.05, 0.1) is 24.0 Å². The minimum atomic E-state index is -0.963. The van der Waals surface area contributed by atoms with Crippen molar-refractivity contribution in [3.05, 3.63) is 101 Å². The maximum Gasteiger partial charge on any atom is 0.414 e. The van der Waals surface area contributed by atoms with Gasteiger partial charge in [-0.2, -0.15) is 5.10 Å². The molecule has 4 aromatic rings. The predicted molar refractivity (Wildman–Crippen MR) is 146 cm³/mol. The Bertz CT molecular complexity index is 1600. The number of carbonyl (C=O) groups is 2. The minimum absolute atomic E-state index is 0.0459. The Labute approximate surface area is 230 Å². The number of halogens is 1. The second-order valence-electron chi connectivity index (χ2n) is 10.2. The third-order valence-electron chi connectivity index (χ3n) is 7.55. The fourth-order valence-electron chi connectivity index (χ4n) is 5.42. The van der Waals surface area contributed by atoms with Crippen LogP contribution in [-0.4, -0.2) is 46.7 Å². The van der Waals surface area contributed by atoms with Gasteiger partial charge in [0.2, 0.25) is 0 Å². The molecule has 1 amide bonds. The van der Waals surface area contributed by atoms with Crippen molar-refractivity contribution < 1.29 is 28.6 Å². The van der Waals surface area contributed by atoms with Gasteiger partial charge in [-0.05, 0) is 72.2 Å². The van der Waals surface area contributed by atoms with Crippen molar-refractivity contribution in [2.45, 2.75) is 25.8 Å². The molecule has 0 saturated heterocycles. The maximum atomic E-state index is 13.7. The summed E-state index contributed by atoms with van der Waals surface area (Å²) in [5.74, 6) is -0.117. The molecule has 3 aromatic carbocycles. The molecule has 8 nitrogen and oxygen atoms in total. The number of hydrogen-bond acceptors (Lipinski definition) is 5. The third-order valence-corrected chi connectivity index (χ3v) is 7.55. The third kappa shape index (κ3) is 5.02. The van der Waals surface area contributed by atoms with E-state index in [1.54, 1.807) is 53.0 Å². The van der Waals surface area contributed by atoms with Crippen LogP contribution in [0.5, 0.6) is 5.75 Å². The van der Waals surface area contributed by atoms with Crippen molar-refractivity contribution >= 4 is 17.7 Å². The molecule has 1 aromatic heterocycles. The van der Waals surface area contributed by atoms with E-state index in [0.717, 1.165) is 34.4 Å². The fourth-order valence-corrected chi connectivity index (χ4v) is 5.42. The van der Waals surface area contributed by atoms with E-state index < -0.39 is 12.1 Å². The molecular formula is C31H28FN3O5. The molecule has 1 saturated carbocycles. The van der Waals surface area contributed by atoms with Gasteiger partial charge in [-0.1, -0.05) is 30.3 Å². The van der Waals surface area contributed by atoms with Crippen LogP contribution in [-0.2, 0) is 11.3 Å². The number of anilines is 1. The molecule has 1 aliphatic carbocycles. The van der Waals surface area contributed by atoms with Crippen molar-refractivity contribution in [1.82, 2.24) is 9.78 Å². The first-order valence-corrected chi connectivity index (χ1v) is 13.2. The maximum absolute atomic E-state index is 13.7. The van der Waals surface area contributed by atoms with E-state index in [-0.39, 0.29) is 24.6 Å². The van der Waals surface area contributed by atoms with Gasteiger partial charge >= 0.3 is 12.1 Å². The number of aromatic nitrogens is 2. The Morgan fingerprint density at radius 2 is 1.93 bits per heavy atom. The smallest absolute Gasteiger partial charge is 0.414 e. The molecule has 1 fully saturated rings. The van der Waals surface area contributed by atoms with Gasteiger partial charge in [0.25, 0.3) is 0 Å². The minimum Gasteiger partial charge on any atom is -0.490 e. The highest BCUT2D eigenvalue weighted by atomic mass is 19.1. The quantitative estimate of drug-likeness (QED) is 0.280. The van der Waals surface area contributed by atoms with Crippen LogP contribution in [0.25, 0.3) is 11.1 Å². The zero-order valence-corrected chi connectivity index (χ0v) is 21.9. The summed E-state index contributed by atoms with van der Waals surface area (Å²) in [5, 5.41) is 13.8. The highest BCUT2D eigenvalue weighted by molar-refractivity contribution is 5.92. The molecule has 2 atom stereocenters. The number of aromatic carboxylic acids is 1. The van der Waals surface area contributed by atoms with Crippen LogP contribution in [0.2, 0.25) is 0 Å². The van der Waals surface area contributed by atoms with Crippen molar-refractivity contribution in [2.24, 2.45) is 5.92 Å². The number of fused-ring (bicyclic) bond motifs is 3. The first-order valence-electron chi connectivity index (χ1n) is 13.2. The highest BCUT2D eigenvalue weighted by Crippen LogP contribution is 2.57. The zero-order chi connectivity index (χ0) is 27.8. The largest absolute Gasteiger partial charge is 0.490 e. The van der Waals surface area contributed by atoms with E-state index in [9.17, 15) is 19.1 Å². The van der Waals surface area contributed by atoms with Crippen molar-refractivity contribution in [3.63, 3.8) is 0 Å². The van der Waals surface area contributed by atoms with Crippen LogP contribution >= 0.6 is 0 Å². The lowest BCUT2D eigenvalue weighted by atomic mass is 9.93. The summed E-state index contributed by atoms with van der Waals surface area (Å²) in [4.78, 5) is 26.1. The molecule has 40 heavy (non-hydrogen) atoms. The van der Waals surface area contributed by atoms with Gasteiger partial charge in [0.1, 0.15) is 24.8 Å².